The molecular formula is C20H19NO. The van der Waals surface area contributed by atoms with Crippen molar-refractivity contribution in [2.75, 3.05) is 0 Å². The Hall–Kier alpha value is -2.61. The second-order valence-electron chi connectivity index (χ2n) is 5.69. The van der Waals surface area contributed by atoms with Crippen molar-refractivity contribution in [3.05, 3.63) is 77.9 Å². The van der Waals surface area contributed by atoms with E-state index in [1.165, 1.54) is 27.8 Å². The minimum atomic E-state index is -0.0635. The summed E-state index contributed by atoms with van der Waals surface area (Å²) in [5.41, 5.74) is 6.11. The van der Waals surface area contributed by atoms with E-state index in [4.69, 9.17) is 0 Å². The van der Waals surface area contributed by atoms with Gasteiger partial charge >= 0.3 is 0 Å². The van der Waals surface area contributed by atoms with E-state index in [0.717, 1.165) is 0 Å². The molecule has 0 aliphatic heterocycles. The maximum atomic E-state index is 11.7. The van der Waals surface area contributed by atoms with Gasteiger partial charge in [0, 0.05) is 12.1 Å². The number of allylic oxidation sites excluding steroid dienone is 2. The van der Waals surface area contributed by atoms with Gasteiger partial charge in [0.05, 0.1) is 0 Å². The lowest BCUT2D eigenvalue weighted by Gasteiger charge is -2.04. The van der Waals surface area contributed by atoms with E-state index in [1.807, 2.05) is 38.1 Å². The summed E-state index contributed by atoms with van der Waals surface area (Å²) in [4.78, 5) is 11.7. The third-order valence-corrected chi connectivity index (χ3v) is 3.67. The van der Waals surface area contributed by atoms with Gasteiger partial charge in [-0.25, -0.2) is 0 Å². The summed E-state index contributed by atoms with van der Waals surface area (Å²) in [5.74, 6) is -0.0635. The lowest BCUT2D eigenvalue weighted by molar-refractivity contribution is -0.116. The zero-order valence-corrected chi connectivity index (χ0v) is 12.8. The standard InChI is InChI=1S/C20H19NO/c1-14(2)21-20(22)13-7-12-19-17-10-5-3-8-15(17)16-9-4-6-11-18(16)19/h3-14H,1-2H3,(H,21,22)/b13-7+. The van der Waals surface area contributed by atoms with Gasteiger partial charge in [-0.1, -0.05) is 60.7 Å². The number of carbonyl (C=O) groups is 1. The Morgan fingerprint density at radius 2 is 1.41 bits per heavy atom. The van der Waals surface area contributed by atoms with Gasteiger partial charge in [-0.15, -0.1) is 0 Å². The first kappa shape index (κ1) is 14.3. The number of benzene rings is 2. The Labute approximate surface area is 131 Å². The topological polar surface area (TPSA) is 29.1 Å². The number of carbonyl (C=O) groups excluding carboxylic acids is 1. The summed E-state index contributed by atoms with van der Waals surface area (Å²) < 4.78 is 0. The number of hydrogen-bond donors (Lipinski definition) is 1. The summed E-state index contributed by atoms with van der Waals surface area (Å²) in [7, 11) is 0. The number of fused-ring (bicyclic) bond motifs is 3. The van der Waals surface area contributed by atoms with Crippen LogP contribution in [-0.4, -0.2) is 11.9 Å². The molecule has 0 saturated heterocycles. The molecule has 2 nitrogen and oxygen atoms in total. The lowest BCUT2D eigenvalue weighted by atomic mass is 10.0. The molecule has 2 aromatic carbocycles. The van der Waals surface area contributed by atoms with Crippen LogP contribution in [0.4, 0.5) is 0 Å². The summed E-state index contributed by atoms with van der Waals surface area (Å²) in [6, 6.07) is 16.9. The normalized spacial score (nSPS) is 12.4. The van der Waals surface area contributed by atoms with Crippen LogP contribution in [0.1, 0.15) is 25.0 Å². The van der Waals surface area contributed by atoms with Crippen molar-refractivity contribution in [3.63, 3.8) is 0 Å². The first-order valence-electron chi connectivity index (χ1n) is 7.55. The number of hydrogen-bond acceptors (Lipinski definition) is 1. The molecule has 0 fully saturated rings. The van der Waals surface area contributed by atoms with Gasteiger partial charge in [0.25, 0.3) is 0 Å². The van der Waals surface area contributed by atoms with Crippen LogP contribution >= 0.6 is 0 Å². The first-order valence-corrected chi connectivity index (χ1v) is 7.55. The molecule has 2 aromatic rings. The van der Waals surface area contributed by atoms with E-state index in [0.29, 0.717) is 0 Å². The lowest BCUT2D eigenvalue weighted by Crippen LogP contribution is -2.28. The molecule has 0 unspecified atom stereocenters. The fraction of sp³-hybridized carbons (Fsp3) is 0.150. The SMILES string of the molecule is CC(C)NC(=O)/C=C/C=C1c2ccccc2-c2ccccc21. The molecule has 1 aliphatic rings. The molecule has 0 heterocycles. The van der Waals surface area contributed by atoms with Crippen LogP contribution in [0.3, 0.4) is 0 Å². The second-order valence-corrected chi connectivity index (χ2v) is 5.69. The van der Waals surface area contributed by atoms with Crippen LogP contribution < -0.4 is 5.32 Å². The van der Waals surface area contributed by atoms with Crippen molar-refractivity contribution in [1.29, 1.82) is 0 Å². The van der Waals surface area contributed by atoms with Crippen LogP contribution in [0.25, 0.3) is 16.7 Å². The van der Waals surface area contributed by atoms with Gasteiger partial charge in [0.2, 0.25) is 5.91 Å². The van der Waals surface area contributed by atoms with E-state index >= 15 is 0 Å². The van der Waals surface area contributed by atoms with Gasteiger partial charge in [-0.3, -0.25) is 4.79 Å². The largest absolute Gasteiger partial charge is 0.350 e. The number of rotatable bonds is 3. The van der Waals surface area contributed by atoms with Crippen LogP contribution in [-0.2, 0) is 4.79 Å². The average Bonchev–Trinajstić information content (AvgIpc) is 2.82. The minimum absolute atomic E-state index is 0.0635. The Morgan fingerprint density at radius 1 is 0.909 bits per heavy atom. The highest BCUT2D eigenvalue weighted by molar-refractivity contribution is 6.01. The van der Waals surface area contributed by atoms with Crippen molar-refractivity contribution in [2.45, 2.75) is 19.9 Å². The van der Waals surface area contributed by atoms with Gasteiger partial charge in [-0.2, -0.15) is 0 Å². The zero-order valence-electron chi connectivity index (χ0n) is 12.8. The average molecular weight is 289 g/mol. The maximum Gasteiger partial charge on any atom is 0.244 e. The molecule has 2 heteroatoms. The first-order chi connectivity index (χ1) is 10.7. The van der Waals surface area contributed by atoms with Gasteiger partial charge in [0.15, 0.2) is 0 Å². The third-order valence-electron chi connectivity index (χ3n) is 3.67. The molecule has 1 aliphatic carbocycles. The van der Waals surface area contributed by atoms with E-state index in [9.17, 15) is 4.79 Å². The van der Waals surface area contributed by atoms with E-state index < -0.39 is 0 Å². The van der Waals surface area contributed by atoms with Crippen LogP contribution in [0, 0.1) is 0 Å². The van der Waals surface area contributed by atoms with Crippen LogP contribution in [0.15, 0.2) is 66.8 Å². The molecule has 0 spiro atoms. The predicted octanol–water partition coefficient (Wildman–Crippen LogP) is 4.18. The summed E-state index contributed by atoms with van der Waals surface area (Å²) in [5, 5.41) is 2.85. The molecule has 1 amide bonds. The quantitative estimate of drug-likeness (QED) is 0.720. The second kappa shape index (κ2) is 6.02. The van der Waals surface area contributed by atoms with Gasteiger partial charge in [-0.05, 0) is 41.7 Å². The van der Waals surface area contributed by atoms with Crippen molar-refractivity contribution < 1.29 is 4.79 Å². The number of nitrogens with one attached hydrogen (secondary N) is 1. The molecule has 0 aromatic heterocycles. The Morgan fingerprint density at radius 3 is 1.91 bits per heavy atom. The fourth-order valence-electron chi connectivity index (χ4n) is 2.79. The molecule has 22 heavy (non-hydrogen) atoms. The highest BCUT2D eigenvalue weighted by Gasteiger charge is 2.21. The molecule has 3 rings (SSSR count). The summed E-state index contributed by atoms with van der Waals surface area (Å²) in [6.45, 7) is 3.90. The van der Waals surface area contributed by atoms with Crippen LogP contribution in [0.5, 0.6) is 0 Å². The Kier molecular flexibility index (Phi) is 3.92. The zero-order chi connectivity index (χ0) is 15.5. The summed E-state index contributed by atoms with van der Waals surface area (Å²) >= 11 is 0. The fourth-order valence-corrected chi connectivity index (χ4v) is 2.79. The predicted molar refractivity (Wildman–Crippen MR) is 91.4 cm³/mol. The third kappa shape index (κ3) is 2.73. The van der Waals surface area contributed by atoms with Crippen molar-refractivity contribution in [1.82, 2.24) is 5.32 Å². The van der Waals surface area contributed by atoms with Crippen molar-refractivity contribution in [2.24, 2.45) is 0 Å². The highest BCUT2D eigenvalue weighted by Crippen LogP contribution is 2.43. The molecule has 0 bridgehead atoms. The minimum Gasteiger partial charge on any atom is -0.350 e. The monoisotopic (exact) mass is 289 g/mol. The van der Waals surface area contributed by atoms with E-state index in [1.54, 1.807) is 6.08 Å². The van der Waals surface area contributed by atoms with E-state index in [-0.39, 0.29) is 11.9 Å². The highest BCUT2D eigenvalue weighted by atomic mass is 16.1. The van der Waals surface area contributed by atoms with Crippen LogP contribution in [0.2, 0.25) is 0 Å². The molecule has 0 radical (unpaired) electrons. The summed E-state index contributed by atoms with van der Waals surface area (Å²) in [6.07, 6.45) is 5.42. The number of amides is 1. The van der Waals surface area contributed by atoms with Gasteiger partial charge in [0.1, 0.15) is 0 Å². The van der Waals surface area contributed by atoms with Crippen molar-refractivity contribution >= 4 is 11.5 Å². The molecule has 0 saturated carbocycles. The van der Waals surface area contributed by atoms with Gasteiger partial charge < -0.3 is 5.32 Å². The maximum absolute atomic E-state index is 11.7. The molecular weight excluding hydrogens is 270 g/mol. The Balaban J connectivity index is 1.95. The smallest absolute Gasteiger partial charge is 0.244 e. The molecule has 1 N–H and O–H groups in total. The molecule has 0 atom stereocenters. The molecule has 110 valence electrons. The van der Waals surface area contributed by atoms with E-state index in [2.05, 4.69) is 41.7 Å². The Bertz CT molecular complexity index is 721. The van der Waals surface area contributed by atoms with Crippen molar-refractivity contribution in [3.8, 4) is 11.1 Å².